The van der Waals surface area contributed by atoms with Gasteiger partial charge in [0.2, 0.25) is 5.91 Å². The molecule has 27 heavy (non-hydrogen) atoms. The molecular formula is C21H26N4OS. The second-order valence-corrected chi connectivity index (χ2v) is 8.20. The molecule has 0 radical (unpaired) electrons. The summed E-state index contributed by atoms with van der Waals surface area (Å²) in [6.07, 6.45) is 0. The third kappa shape index (κ3) is 5.34. The first-order chi connectivity index (χ1) is 13.0. The minimum Gasteiger partial charge on any atom is -0.351 e. The van der Waals surface area contributed by atoms with Crippen LogP contribution in [0.4, 0.5) is 0 Å². The Morgan fingerprint density at radius 1 is 1.15 bits per heavy atom. The highest BCUT2D eigenvalue weighted by Crippen LogP contribution is 2.27. The van der Waals surface area contributed by atoms with Crippen molar-refractivity contribution < 1.29 is 4.79 Å². The smallest absolute Gasteiger partial charge is 0.230 e. The van der Waals surface area contributed by atoms with Gasteiger partial charge in [-0.3, -0.25) is 4.79 Å². The van der Waals surface area contributed by atoms with E-state index >= 15 is 0 Å². The number of aromatic nitrogens is 2. The number of hydrogen-bond acceptors (Lipinski definition) is 4. The Kier molecular flexibility index (Phi) is 6.53. The van der Waals surface area contributed by atoms with E-state index in [-0.39, 0.29) is 11.2 Å². The van der Waals surface area contributed by atoms with Crippen molar-refractivity contribution in [1.29, 1.82) is 0 Å². The average molecular weight is 383 g/mol. The van der Waals surface area contributed by atoms with Gasteiger partial charge in [0.05, 0.1) is 22.0 Å². The zero-order valence-electron chi connectivity index (χ0n) is 16.0. The lowest BCUT2D eigenvalue weighted by Crippen LogP contribution is -2.26. The number of para-hydroxylation sites is 2. The number of aromatic amines is 1. The number of rotatable bonds is 8. The van der Waals surface area contributed by atoms with Gasteiger partial charge in [-0.15, -0.1) is 11.8 Å². The molecule has 5 nitrogen and oxygen atoms in total. The minimum atomic E-state index is 0.0441. The van der Waals surface area contributed by atoms with Crippen molar-refractivity contribution in [1.82, 2.24) is 20.2 Å². The Morgan fingerprint density at radius 2 is 1.85 bits per heavy atom. The number of fused-ring (bicyclic) bond motifs is 1. The summed E-state index contributed by atoms with van der Waals surface area (Å²) in [5.74, 6) is 1.36. The van der Waals surface area contributed by atoms with Gasteiger partial charge in [0, 0.05) is 13.1 Å². The molecule has 1 heterocycles. The molecule has 0 spiro atoms. The van der Waals surface area contributed by atoms with Gasteiger partial charge < -0.3 is 15.2 Å². The number of carbonyl (C=O) groups is 1. The van der Waals surface area contributed by atoms with Crippen LogP contribution in [0.25, 0.3) is 11.0 Å². The molecule has 0 saturated heterocycles. The summed E-state index contributed by atoms with van der Waals surface area (Å²) >= 11 is 1.59. The van der Waals surface area contributed by atoms with E-state index in [0.717, 1.165) is 29.0 Å². The van der Waals surface area contributed by atoms with Crippen LogP contribution in [0.15, 0.2) is 48.5 Å². The molecule has 0 unspecified atom stereocenters. The molecule has 142 valence electrons. The first-order valence-corrected chi connectivity index (χ1v) is 10.1. The molecule has 0 bridgehead atoms. The van der Waals surface area contributed by atoms with Crippen molar-refractivity contribution in [3.8, 4) is 0 Å². The Morgan fingerprint density at radius 3 is 2.59 bits per heavy atom. The van der Waals surface area contributed by atoms with E-state index in [9.17, 15) is 4.79 Å². The van der Waals surface area contributed by atoms with Gasteiger partial charge in [-0.1, -0.05) is 36.4 Å². The first-order valence-electron chi connectivity index (χ1n) is 9.07. The topological polar surface area (TPSA) is 61.0 Å². The van der Waals surface area contributed by atoms with Crippen LogP contribution in [0.1, 0.15) is 29.1 Å². The third-order valence-electron chi connectivity index (χ3n) is 4.34. The predicted octanol–water partition coefficient (Wildman–Crippen LogP) is 3.74. The van der Waals surface area contributed by atoms with Gasteiger partial charge in [0.25, 0.3) is 0 Å². The molecule has 0 fully saturated rings. The van der Waals surface area contributed by atoms with Gasteiger partial charge in [-0.05, 0) is 44.3 Å². The van der Waals surface area contributed by atoms with Gasteiger partial charge >= 0.3 is 0 Å². The highest BCUT2D eigenvalue weighted by Gasteiger charge is 2.13. The predicted molar refractivity (Wildman–Crippen MR) is 113 cm³/mol. The maximum Gasteiger partial charge on any atom is 0.230 e. The SMILES string of the molecule is C[C@@H](SCC(=O)NCc1ccccc1CN(C)C)c1nc2ccccc2[nH]1. The average Bonchev–Trinajstić information content (AvgIpc) is 3.09. The third-order valence-corrected chi connectivity index (χ3v) is 5.49. The monoisotopic (exact) mass is 382 g/mol. The quantitative estimate of drug-likeness (QED) is 0.623. The lowest BCUT2D eigenvalue weighted by atomic mass is 10.1. The number of H-pyrrole nitrogens is 1. The second-order valence-electron chi connectivity index (χ2n) is 6.88. The number of amides is 1. The highest BCUT2D eigenvalue weighted by molar-refractivity contribution is 8.00. The molecule has 3 rings (SSSR count). The van der Waals surface area contributed by atoms with Crippen LogP contribution >= 0.6 is 11.8 Å². The molecule has 1 aromatic heterocycles. The van der Waals surface area contributed by atoms with Crippen LogP contribution < -0.4 is 5.32 Å². The van der Waals surface area contributed by atoms with Crippen LogP contribution in [0.2, 0.25) is 0 Å². The van der Waals surface area contributed by atoms with Crippen LogP contribution in [0.5, 0.6) is 0 Å². The molecule has 2 N–H and O–H groups in total. The molecule has 0 aliphatic carbocycles. The number of carbonyl (C=O) groups excluding carboxylic acids is 1. The van der Waals surface area contributed by atoms with Crippen molar-refractivity contribution in [2.45, 2.75) is 25.3 Å². The van der Waals surface area contributed by atoms with Gasteiger partial charge in [-0.2, -0.15) is 0 Å². The van der Waals surface area contributed by atoms with E-state index in [1.807, 2.05) is 50.5 Å². The van der Waals surface area contributed by atoms with Crippen LogP contribution in [-0.2, 0) is 17.9 Å². The summed E-state index contributed by atoms with van der Waals surface area (Å²) in [7, 11) is 4.09. The molecule has 2 aromatic carbocycles. The number of benzene rings is 2. The molecule has 0 aliphatic heterocycles. The van der Waals surface area contributed by atoms with Crippen LogP contribution in [0.3, 0.4) is 0 Å². The second kappa shape index (κ2) is 9.06. The Hall–Kier alpha value is -2.31. The maximum absolute atomic E-state index is 12.3. The zero-order chi connectivity index (χ0) is 19.2. The number of nitrogens with one attached hydrogen (secondary N) is 2. The number of imidazole rings is 1. The number of thioether (sulfide) groups is 1. The zero-order valence-corrected chi connectivity index (χ0v) is 16.8. The van der Waals surface area contributed by atoms with Crippen LogP contribution in [-0.4, -0.2) is 40.6 Å². The first kappa shape index (κ1) is 19.5. The summed E-state index contributed by atoms with van der Waals surface area (Å²) < 4.78 is 0. The molecule has 0 saturated carbocycles. The molecule has 1 amide bonds. The maximum atomic E-state index is 12.3. The molecule has 3 aromatic rings. The molecule has 0 aliphatic rings. The minimum absolute atomic E-state index is 0.0441. The van der Waals surface area contributed by atoms with E-state index < -0.39 is 0 Å². The normalized spacial score (nSPS) is 12.4. The Balaban J connectivity index is 1.51. The van der Waals surface area contributed by atoms with E-state index in [1.165, 1.54) is 5.56 Å². The van der Waals surface area contributed by atoms with Crippen molar-refractivity contribution in [2.24, 2.45) is 0 Å². The highest BCUT2D eigenvalue weighted by atomic mass is 32.2. The van der Waals surface area contributed by atoms with Gasteiger partial charge in [0.15, 0.2) is 0 Å². The lowest BCUT2D eigenvalue weighted by Gasteiger charge is -2.15. The summed E-state index contributed by atoms with van der Waals surface area (Å²) in [5.41, 5.74) is 4.39. The Bertz CT molecular complexity index is 873. The van der Waals surface area contributed by atoms with Crippen molar-refractivity contribution in [3.63, 3.8) is 0 Å². The number of nitrogens with zero attached hydrogens (tertiary/aromatic N) is 2. The van der Waals surface area contributed by atoms with E-state index in [2.05, 4.69) is 39.2 Å². The largest absolute Gasteiger partial charge is 0.351 e. The van der Waals surface area contributed by atoms with Crippen molar-refractivity contribution in [2.75, 3.05) is 19.8 Å². The summed E-state index contributed by atoms with van der Waals surface area (Å²) in [4.78, 5) is 22.4. The van der Waals surface area contributed by atoms with E-state index in [1.54, 1.807) is 11.8 Å². The fourth-order valence-corrected chi connectivity index (χ4v) is 3.69. The standard InChI is InChI=1S/C21H26N4OS/c1-15(21-23-18-10-6-7-11-19(18)24-21)27-14-20(26)22-12-16-8-4-5-9-17(16)13-25(2)3/h4-11,15H,12-14H2,1-3H3,(H,22,26)(H,23,24)/t15-/m1/s1. The van der Waals surface area contributed by atoms with Gasteiger partial charge in [0.1, 0.15) is 5.82 Å². The van der Waals surface area contributed by atoms with Gasteiger partial charge in [-0.25, -0.2) is 4.98 Å². The summed E-state index contributed by atoms with van der Waals surface area (Å²) in [5, 5.41) is 3.17. The fraction of sp³-hybridized carbons (Fsp3) is 0.333. The van der Waals surface area contributed by atoms with Crippen molar-refractivity contribution in [3.05, 3.63) is 65.5 Å². The van der Waals surface area contributed by atoms with Crippen molar-refractivity contribution >= 4 is 28.7 Å². The summed E-state index contributed by atoms with van der Waals surface area (Å²) in [6.45, 7) is 3.49. The molecular weight excluding hydrogens is 356 g/mol. The van der Waals surface area contributed by atoms with Crippen LogP contribution in [0, 0.1) is 0 Å². The number of hydrogen-bond donors (Lipinski definition) is 2. The molecule has 1 atom stereocenters. The fourth-order valence-electron chi connectivity index (χ4n) is 2.91. The van der Waals surface area contributed by atoms with E-state index in [4.69, 9.17) is 0 Å². The lowest BCUT2D eigenvalue weighted by molar-refractivity contribution is -0.118. The molecule has 6 heteroatoms. The van der Waals surface area contributed by atoms with E-state index in [0.29, 0.717) is 12.3 Å². The Labute approximate surface area is 164 Å². The summed E-state index contributed by atoms with van der Waals surface area (Å²) in [6, 6.07) is 16.2.